The van der Waals surface area contributed by atoms with Gasteiger partial charge in [-0.2, -0.15) is 0 Å². The molecule has 8 nitrogen and oxygen atoms in total. The number of nitrogens with one attached hydrogen (secondary N) is 1. The number of nitro benzene ring substituents is 1. The van der Waals surface area contributed by atoms with E-state index in [0.717, 1.165) is 3.57 Å². The lowest BCUT2D eigenvalue weighted by Crippen LogP contribution is -2.35. The van der Waals surface area contributed by atoms with Crippen LogP contribution in [0.25, 0.3) is 17.4 Å². The highest BCUT2D eigenvalue weighted by atomic mass is 127. The quantitative estimate of drug-likeness (QED) is 0.192. The summed E-state index contributed by atoms with van der Waals surface area (Å²) in [6.45, 7) is 0. The van der Waals surface area contributed by atoms with Crippen molar-refractivity contribution >= 4 is 51.9 Å². The van der Waals surface area contributed by atoms with Gasteiger partial charge in [0.05, 0.1) is 10.6 Å². The molecule has 1 aromatic heterocycles. The van der Waals surface area contributed by atoms with E-state index in [4.69, 9.17) is 4.42 Å². The number of hydrogen-bond acceptors (Lipinski definition) is 5. The van der Waals surface area contributed by atoms with Crippen molar-refractivity contribution in [3.63, 3.8) is 0 Å². The molecule has 1 saturated heterocycles. The molecule has 3 aromatic rings. The second-order valence-corrected chi connectivity index (χ2v) is 7.37. The maximum atomic E-state index is 12.7. The first kappa shape index (κ1) is 18.9. The number of nitro groups is 1. The average Bonchev–Trinajstić information content (AvgIpc) is 3.29. The van der Waals surface area contributed by atoms with Gasteiger partial charge in [-0.3, -0.25) is 25.1 Å². The molecule has 0 atom stereocenters. The van der Waals surface area contributed by atoms with Gasteiger partial charge in [0, 0.05) is 21.3 Å². The Labute approximate surface area is 178 Å². The molecule has 29 heavy (non-hydrogen) atoms. The van der Waals surface area contributed by atoms with Gasteiger partial charge < -0.3 is 4.42 Å². The lowest BCUT2D eigenvalue weighted by molar-refractivity contribution is -0.384. The fourth-order valence-electron chi connectivity index (χ4n) is 2.80. The van der Waals surface area contributed by atoms with Crippen LogP contribution in [-0.2, 0) is 9.59 Å². The van der Waals surface area contributed by atoms with E-state index in [-0.39, 0.29) is 11.3 Å². The normalized spacial score (nSPS) is 15.1. The number of non-ortho nitro benzene ring substituents is 1. The van der Waals surface area contributed by atoms with E-state index in [9.17, 15) is 19.7 Å². The summed E-state index contributed by atoms with van der Waals surface area (Å²) in [7, 11) is 0. The summed E-state index contributed by atoms with van der Waals surface area (Å²) in [5, 5.41) is 11.9. The number of carbonyl (C=O) groups is 2. The van der Waals surface area contributed by atoms with Crippen LogP contribution < -0.4 is 10.4 Å². The largest absolute Gasteiger partial charge is 0.457 e. The third kappa shape index (κ3) is 3.76. The van der Waals surface area contributed by atoms with Crippen molar-refractivity contribution < 1.29 is 18.9 Å². The van der Waals surface area contributed by atoms with Crippen LogP contribution in [0.4, 0.5) is 11.4 Å². The highest BCUT2D eigenvalue weighted by Crippen LogP contribution is 2.27. The van der Waals surface area contributed by atoms with Crippen LogP contribution in [0.2, 0.25) is 0 Å². The Kier molecular flexibility index (Phi) is 4.89. The number of halogens is 1. The zero-order valence-electron chi connectivity index (χ0n) is 14.7. The zero-order valence-corrected chi connectivity index (χ0v) is 16.8. The van der Waals surface area contributed by atoms with Gasteiger partial charge in [-0.05, 0) is 77.2 Å². The van der Waals surface area contributed by atoms with Gasteiger partial charge in [-0.15, -0.1) is 0 Å². The third-order valence-electron chi connectivity index (χ3n) is 4.25. The molecule has 144 valence electrons. The Morgan fingerprint density at radius 2 is 1.69 bits per heavy atom. The topological polar surface area (TPSA) is 106 Å². The van der Waals surface area contributed by atoms with Crippen molar-refractivity contribution in [2.24, 2.45) is 0 Å². The first-order valence-electron chi connectivity index (χ1n) is 8.40. The SMILES string of the molecule is O=C1NN(c2ccc(I)cc2)C(=O)/C1=C/c1ccc(-c2ccc([N+](=O)[O-])cc2)o1. The summed E-state index contributed by atoms with van der Waals surface area (Å²) >= 11 is 2.15. The van der Waals surface area contributed by atoms with Gasteiger partial charge in [0.1, 0.15) is 17.1 Å². The number of amides is 2. The van der Waals surface area contributed by atoms with Crippen LogP contribution in [0.5, 0.6) is 0 Å². The molecular weight excluding hydrogens is 489 g/mol. The number of nitrogens with zero attached hydrogens (tertiary/aromatic N) is 2. The summed E-state index contributed by atoms with van der Waals surface area (Å²) in [5.41, 5.74) is 3.66. The van der Waals surface area contributed by atoms with E-state index in [1.165, 1.54) is 23.2 Å². The Morgan fingerprint density at radius 3 is 2.34 bits per heavy atom. The van der Waals surface area contributed by atoms with Gasteiger partial charge in [-0.25, -0.2) is 5.01 Å². The lowest BCUT2D eigenvalue weighted by Gasteiger charge is -2.14. The minimum Gasteiger partial charge on any atom is -0.457 e. The molecule has 0 radical (unpaired) electrons. The first-order valence-corrected chi connectivity index (χ1v) is 9.47. The molecule has 0 aliphatic carbocycles. The maximum Gasteiger partial charge on any atom is 0.282 e. The van der Waals surface area contributed by atoms with Crippen molar-refractivity contribution in [3.8, 4) is 11.3 Å². The molecule has 2 aromatic carbocycles. The van der Waals surface area contributed by atoms with E-state index >= 15 is 0 Å². The first-order chi connectivity index (χ1) is 13.9. The fraction of sp³-hybridized carbons (Fsp3) is 0. The number of rotatable bonds is 4. The maximum absolute atomic E-state index is 12.7. The molecule has 9 heteroatoms. The van der Waals surface area contributed by atoms with Crippen molar-refractivity contribution in [2.45, 2.75) is 0 Å². The van der Waals surface area contributed by atoms with Crippen LogP contribution in [-0.4, -0.2) is 16.7 Å². The van der Waals surface area contributed by atoms with Gasteiger partial charge in [0.25, 0.3) is 17.5 Å². The number of furan rings is 1. The minimum atomic E-state index is -0.526. The minimum absolute atomic E-state index is 0.0217. The van der Waals surface area contributed by atoms with E-state index < -0.39 is 16.7 Å². The summed E-state index contributed by atoms with van der Waals surface area (Å²) in [5.74, 6) is -0.222. The number of carbonyl (C=O) groups excluding carboxylic acids is 2. The number of benzene rings is 2. The van der Waals surface area contributed by atoms with E-state index in [2.05, 4.69) is 28.0 Å². The molecule has 4 rings (SSSR count). The molecule has 1 fully saturated rings. The predicted octanol–water partition coefficient (Wildman–Crippen LogP) is 3.92. The van der Waals surface area contributed by atoms with E-state index in [0.29, 0.717) is 22.8 Å². The monoisotopic (exact) mass is 501 g/mol. The molecule has 1 N–H and O–H groups in total. The fourth-order valence-corrected chi connectivity index (χ4v) is 3.16. The van der Waals surface area contributed by atoms with Gasteiger partial charge in [0.2, 0.25) is 0 Å². The molecule has 1 aliphatic rings. The van der Waals surface area contributed by atoms with Gasteiger partial charge >= 0.3 is 0 Å². The summed E-state index contributed by atoms with van der Waals surface area (Å²) < 4.78 is 6.70. The Balaban J connectivity index is 1.58. The van der Waals surface area contributed by atoms with Crippen molar-refractivity contribution in [3.05, 3.63) is 85.7 Å². The van der Waals surface area contributed by atoms with Crippen molar-refractivity contribution in [1.82, 2.24) is 5.43 Å². The van der Waals surface area contributed by atoms with E-state index in [1.807, 2.05) is 12.1 Å². The van der Waals surface area contributed by atoms with Crippen LogP contribution in [0.15, 0.2) is 70.7 Å². The molecule has 2 amide bonds. The Hall–Kier alpha value is -3.47. The summed E-state index contributed by atoms with van der Waals surface area (Å²) in [6, 6.07) is 16.3. The molecule has 0 unspecified atom stereocenters. The van der Waals surface area contributed by atoms with Crippen LogP contribution in [0.3, 0.4) is 0 Å². The number of anilines is 1. The molecule has 0 saturated carbocycles. The second kappa shape index (κ2) is 7.51. The van der Waals surface area contributed by atoms with Crippen LogP contribution in [0.1, 0.15) is 5.76 Å². The molecule has 1 aliphatic heterocycles. The number of hydrazine groups is 1. The molecule has 0 bridgehead atoms. The van der Waals surface area contributed by atoms with Crippen LogP contribution in [0, 0.1) is 13.7 Å². The lowest BCUT2D eigenvalue weighted by atomic mass is 10.1. The summed E-state index contributed by atoms with van der Waals surface area (Å²) in [6.07, 6.45) is 1.37. The van der Waals surface area contributed by atoms with Gasteiger partial charge in [0.15, 0.2) is 0 Å². The van der Waals surface area contributed by atoms with Crippen LogP contribution >= 0.6 is 22.6 Å². The smallest absolute Gasteiger partial charge is 0.282 e. The third-order valence-corrected chi connectivity index (χ3v) is 4.97. The van der Waals surface area contributed by atoms with E-state index in [1.54, 1.807) is 36.4 Å². The standard InChI is InChI=1S/C20H12IN3O5/c21-13-3-7-14(8-4-13)23-20(26)17(19(25)22-23)11-16-9-10-18(29-16)12-1-5-15(6-2-12)24(27)28/h1-11H,(H,22,25)/b17-11+. The molecule has 2 heterocycles. The Bertz CT molecular complexity index is 1150. The van der Waals surface area contributed by atoms with Gasteiger partial charge in [-0.1, -0.05) is 0 Å². The Morgan fingerprint density at radius 1 is 1.00 bits per heavy atom. The van der Waals surface area contributed by atoms with Crippen molar-refractivity contribution in [2.75, 3.05) is 5.01 Å². The average molecular weight is 501 g/mol. The van der Waals surface area contributed by atoms with Crippen molar-refractivity contribution in [1.29, 1.82) is 0 Å². The zero-order chi connectivity index (χ0) is 20.5. The molecular formula is C20H12IN3O5. The predicted molar refractivity (Wildman–Crippen MR) is 114 cm³/mol. The molecule has 0 spiro atoms. The second-order valence-electron chi connectivity index (χ2n) is 6.12. The summed E-state index contributed by atoms with van der Waals surface area (Å²) in [4.78, 5) is 35.2. The highest BCUT2D eigenvalue weighted by molar-refractivity contribution is 14.1. The number of hydrogen-bond donors (Lipinski definition) is 1. The highest BCUT2D eigenvalue weighted by Gasteiger charge is 2.34.